The van der Waals surface area contributed by atoms with E-state index in [9.17, 15) is 33.6 Å². The van der Waals surface area contributed by atoms with E-state index in [4.69, 9.17) is 4.74 Å². The minimum Gasteiger partial charge on any atom is -0.466 e. The van der Waals surface area contributed by atoms with Crippen molar-refractivity contribution in [1.82, 2.24) is 23.9 Å². The molecule has 4 heterocycles. The highest BCUT2D eigenvalue weighted by atomic mass is 16.5. The van der Waals surface area contributed by atoms with Gasteiger partial charge >= 0.3 is 5.97 Å². The smallest absolute Gasteiger partial charge is 0.305 e. The standard InChI is InChI=1S/C36H47N7O8/c1-6-31(45)38-25-18-27(41(4)21-25)30(44)17-24-16-28(40(3)20-24)35(49)39-26-19-29(42(5)22-26)34(48)37-12-10-14-51-33(47)11-8-7-9-13-43-32(46)15-23(2)36(43)50/h16,18-23H,6-15,17H2,1-5H3,(H,37,48)(H,38,45)(H,39,49). The number of hydrogen-bond donors (Lipinski definition) is 3. The second-order valence-electron chi connectivity index (χ2n) is 12.9. The van der Waals surface area contributed by atoms with Crippen LogP contribution in [0.2, 0.25) is 0 Å². The number of likely N-dealkylation sites (tertiary alicyclic amines) is 1. The average molecular weight is 706 g/mol. The van der Waals surface area contributed by atoms with Gasteiger partial charge in [0.25, 0.3) is 11.8 Å². The summed E-state index contributed by atoms with van der Waals surface area (Å²) in [5.41, 5.74) is 2.68. The summed E-state index contributed by atoms with van der Waals surface area (Å²) in [7, 11) is 5.11. The van der Waals surface area contributed by atoms with Crippen LogP contribution in [0.25, 0.3) is 0 Å². The van der Waals surface area contributed by atoms with Gasteiger partial charge in [0.1, 0.15) is 11.4 Å². The predicted octanol–water partition coefficient (Wildman–Crippen LogP) is 3.35. The Hall–Kier alpha value is -5.47. The molecule has 1 atom stereocenters. The Labute approximate surface area is 296 Å². The SMILES string of the molecule is CCC(=O)Nc1cc(C(=O)Cc2cc(C(=O)Nc3cc(C(=O)NCCCOC(=O)CCCCCN4C(=O)CC(C)C4=O)n(C)c3)n(C)c2)n(C)c1. The number of nitrogens with one attached hydrogen (secondary N) is 3. The number of carbonyl (C=O) groups is 7. The van der Waals surface area contributed by atoms with E-state index < -0.39 is 5.91 Å². The van der Waals surface area contributed by atoms with E-state index in [1.54, 1.807) is 85.5 Å². The Balaban J connectivity index is 1.16. The Morgan fingerprint density at radius 1 is 0.804 bits per heavy atom. The number of amides is 5. The van der Waals surface area contributed by atoms with Gasteiger partial charge in [0, 0.05) is 84.4 Å². The number of unbranched alkanes of at least 4 members (excludes halogenated alkanes) is 2. The zero-order chi connectivity index (χ0) is 37.2. The van der Waals surface area contributed by atoms with E-state index in [1.807, 2.05) is 0 Å². The third-order valence-corrected chi connectivity index (χ3v) is 8.65. The summed E-state index contributed by atoms with van der Waals surface area (Å²) in [6.45, 7) is 4.30. The quantitative estimate of drug-likeness (QED) is 0.0779. The van der Waals surface area contributed by atoms with Gasteiger partial charge in [-0.3, -0.25) is 38.5 Å². The molecule has 3 N–H and O–H groups in total. The summed E-state index contributed by atoms with van der Waals surface area (Å²) in [6.07, 6.45) is 8.24. The first-order chi connectivity index (χ1) is 24.3. The van der Waals surface area contributed by atoms with Crippen LogP contribution in [-0.2, 0) is 51.5 Å². The van der Waals surface area contributed by atoms with Crippen LogP contribution in [0.15, 0.2) is 36.8 Å². The minimum absolute atomic E-state index is 0.0571. The van der Waals surface area contributed by atoms with E-state index in [2.05, 4.69) is 16.0 Å². The minimum atomic E-state index is -0.412. The summed E-state index contributed by atoms with van der Waals surface area (Å²) in [5, 5.41) is 8.34. The fourth-order valence-corrected chi connectivity index (χ4v) is 5.87. The summed E-state index contributed by atoms with van der Waals surface area (Å²) in [4.78, 5) is 87.8. The maximum absolute atomic E-state index is 13.1. The molecule has 1 aliphatic heterocycles. The maximum atomic E-state index is 13.1. The number of aryl methyl sites for hydroxylation is 3. The zero-order valence-corrected chi connectivity index (χ0v) is 29.9. The van der Waals surface area contributed by atoms with Crippen LogP contribution in [0.4, 0.5) is 11.4 Å². The van der Waals surface area contributed by atoms with Crippen LogP contribution in [-0.4, -0.2) is 79.6 Å². The molecule has 0 aromatic carbocycles. The predicted molar refractivity (Wildman–Crippen MR) is 188 cm³/mol. The van der Waals surface area contributed by atoms with Crippen molar-refractivity contribution in [3.05, 3.63) is 59.4 Å². The van der Waals surface area contributed by atoms with Crippen LogP contribution < -0.4 is 16.0 Å². The number of rotatable bonds is 18. The molecule has 0 radical (unpaired) electrons. The Morgan fingerprint density at radius 2 is 1.45 bits per heavy atom. The molecule has 0 saturated carbocycles. The van der Waals surface area contributed by atoms with Gasteiger partial charge in [-0.25, -0.2) is 0 Å². The third-order valence-electron chi connectivity index (χ3n) is 8.65. The summed E-state index contributed by atoms with van der Waals surface area (Å²) >= 11 is 0. The highest BCUT2D eigenvalue weighted by molar-refractivity contribution is 6.05. The number of carbonyl (C=O) groups excluding carboxylic acids is 7. The van der Waals surface area contributed by atoms with Crippen molar-refractivity contribution in [3.63, 3.8) is 0 Å². The number of imide groups is 1. The van der Waals surface area contributed by atoms with Crippen molar-refractivity contribution < 1.29 is 38.3 Å². The van der Waals surface area contributed by atoms with Crippen molar-refractivity contribution >= 4 is 52.7 Å². The molecule has 0 aliphatic carbocycles. The van der Waals surface area contributed by atoms with Crippen molar-refractivity contribution in [1.29, 1.82) is 0 Å². The van der Waals surface area contributed by atoms with Crippen LogP contribution in [0.5, 0.6) is 0 Å². The fourth-order valence-electron chi connectivity index (χ4n) is 5.87. The molecular formula is C36H47N7O8. The largest absolute Gasteiger partial charge is 0.466 e. The van der Waals surface area contributed by atoms with Gasteiger partial charge in [-0.2, -0.15) is 0 Å². The molecule has 15 heteroatoms. The van der Waals surface area contributed by atoms with Gasteiger partial charge in [0.05, 0.1) is 23.7 Å². The lowest BCUT2D eigenvalue weighted by molar-refractivity contribution is -0.144. The second kappa shape index (κ2) is 17.5. The lowest BCUT2D eigenvalue weighted by atomic mass is 10.1. The zero-order valence-electron chi connectivity index (χ0n) is 29.9. The number of ether oxygens (including phenoxy) is 1. The fraction of sp³-hybridized carbons (Fsp3) is 0.472. The van der Waals surface area contributed by atoms with Gasteiger partial charge < -0.3 is 34.4 Å². The van der Waals surface area contributed by atoms with Gasteiger partial charge in [0.15, 0.2) is 5.78 Å². The molecule has 1 saturated heterocycles. The molecule has 51 heavy (non-hydrogen) atoms. The molecule has 0 spiro atoms. The number of ketones is 1. The van der Waals surface area contributed by atoms with Crippen molar-refractivity contribution in [3.8, 4) is 0 Å². The van der Waals surface area contributed by atoms with Crippen LogP contribution >= 0.6 is 0 Å². The lowest BCUT2D eigenvalue weighted by Crippen LogP contribution is -2.31. The number of Topliss-reactive ketones (excluding diaryl/α,β-unsaturated/α-hetero) is 1. The van der Waals surface area contributed by atoms with Gasteiger partial charge in [0.2, 0.25) is 17.7 Å². The Bertz CT molecular complexity index is 1800. The highest BCUT2D eigenvalue weighted by Crippen LogP contribution is 2.20. The first kappa shape index (κ1) is 38.3. The average Bonchev–Trinajstić information content (AvgIpc) is 3.81. The molecule has 1 unspecified atom stereocenters. The molecule has 3 aromatic heterocycles. The molecule has 1 fully saturated rings. The number of nitrogens with zero attached hydrogens (tertiary/aromatic N) is 4. The monoisotopic (exact) mass is 705 g/mol. The highest BCUT2D eigenvalue weighted by Gasteiger charge is 2.34. The maximum Gasteiger partial charge on any atom is 0.305 e. The third kappa shape index (κ3) is 10.3. The summed E-state index contributed by atoms with van der Waals surface area (Å²) in [5.74, 6) is -1.94. The molecule has 15 nitrogen and oxygen atoms in total. The second-order valence-corrected chi connectivity index (χ2v) is 12.9. The van der Waals surface area contributed by atoms with Crippen LogP contribution in [0, 0.1) is 5.92 Å². The van der Waals surface area contributed by atoms with Crippen LogP contribution in [0.3, 0.4) is 0 Å². The Morgan fingerprint density at radius 3 is 2.14 bits per heavy atom. The van der Waals surface area contributed by atoms with E-state index in [0.29, 0.717) is 72.7 Å². The molecule has 5 amide bonds. The molecular weight excluding hydrogens is 658 g/mol. The molecule has 4 rings (SSSR count). The normalized spacial score (nSPS) is 14.1. The van der Waals surface area contributed by atoms with Crippen molar-refractivity contribution in [2.45, 2.75) is 65.2 Å². The molecule has 3 aromatic rings. The summed E-state index contributed by atoms with van der Waals surface area (Å²) in [6, 6.07) is 4.83. The first-order valence-corrected chi connectivity index (χ1v) is 17.2. The topological polar surface area (TPSA) is 183 Å². The first-order valence-electron chi connectivity index (χ1n) is 17.2. The van der Waals surface area contributed by atoms with E-state index >= 15 is 0 Å². The Kier molecular flexibility index (Phi) is 13.1. The van der Waals surface area contributed by atoms with E-state index in [-0.39, 0.29) is 73.7 Å². The number of hydrogen-bond acceptors (Lipinski definition) is 8. The van der Waals surface area contributed by atoms with Crippen LogP contribution in [0.1, 0.15) is 95.8 Å². The van der Waals surface area contributed by atoms with Crippen molar-refractivity contribution in [2.24, 2.45) is 27.1 Å². The lowest BCUT2D eigenvalue weighted by Gasteiger charge is -2.13. The summed E-state index contributed by atoms with van der Waals surface area (Å²) < 4.78 is 10.1. The van der Waals surface area contributed by atoms with E-state index in [1.165, 1.54) is 4.90 Å². The number of anilines is 2. The van der Waals surface area contributed by atoms with Gasteiger partial charge in [-0.15, -0.1) is 0 Å². The number of esters is 1. The van der Waals surface area contributed by atoms with Crippen molar-refractivity contribution in [2.75, 3.05) is 30.3 Å². The number of aromatic nitrogens is 3. The molecule has 274 valence electrons. The molecule has 1 aliphatic rings. The molecule has 0 bridgehead atoms. The van der Waals surface area contributed by atoms with E-state index in [0.717, 1.165) is 0 Å². The van der Waals surface area contributed by atoms with Gasteiger partial charge in [-0.05, 0) is 43.0 Å². The van der Waals surface area contributed by atoms with Gasteiger partial charge in [-0.1, -0.05) is 20.3 Å².